The molecule has 1 N–H and O–H groups in total. The van der Waals surface area contributed by atoms with E-state index in [1.807, 2.05) is 11.8 Å². The van der Waals surface area contributed by atoms with Gasteiger partial charge in [0.1, 0.15) is 11.4 Å². The molecule has 0 spiro atoms. The summed E-state index contributed by atoms with van der Waals surface area (Å²) in [5, 5.41) is 9.39. The van der Waals surface area contributed by atoms with E-state index in [-0.39, 0.29) is 10.9 Å². The molecule has 26 heavy (non-hydrogen) atoms. The first kappa shape index (κ1) is 18.4. The lowest BCUT2D eigenvalue weighted by Gasteiger charge is -2.35. The largest absolute Gasteiger partial charge is 0.477 e. The third-order valence-electron chi connectivity index (χ3n) is 5.00. The van der Waals surface area contributed by atoms with Crippen LogP contribution in [-0.2, 0) is 6.54 Å². The molecule has 0 unspecified atom stereocenters. The van der Waals surface area contributed by atoms with E-state index >= 15 is 0 Å². The van der Waals surface area contributed by atoms with Crippen LogP contribution in [0.5, 0.6) is 0 Å². The van der Waals surface area contributed by atoms with Gasteiger partial charge in [0.05, 0.1) is 11.2 Å². The van der Waals surface area contributed by atoms with Gasteiger partial charge in [-0.15, -0.1) is 0 Å². The number of anilines is 1. The molecule has 1 fully saturated rings. The van der Waals surface area contributed by atoms with Crippen LogP contribution < -0.4 is 10.3 Å². The van der Waals surface area contributed by atoms with Gasteiger partial charge in [0.2, 0.25) is 5.43 Å². The molecule has 1 saturated heterocycles. The molecule has 6 nitrogen and oxygen atoms in total. The maximum atomic E-state index is 14.8. The van der Waals surface area contributed by atoms with Crippen LogP contribution in [-0.4, -0.2) is 53.3 Å². The van der Waals surface area contributed by atoms with Crippen LogP contribution in [0.15, 0.2) is 23.1 Å². The second kappa shape index (κ2) is 7.45. The minimum atomic E-state index is -1.29. The molecule has 0 radical (unpaired) electrons. The lowest BCUT2D eigenvalue weighted by atomic mass is 10.1. The Balaban J connectivity index is 2.12. The van der Waals surface area contributed by atoms with Crippen molar-refractivity contribution < 1.29 is 14.3 Å². The monoisotopic (exact) mass is 361 g/mol. The summed E-state index contributed by atoms with van der Waals surface area (Å²) >= 11 is 0. The standard InChI is InChI=1S/C19H24FN3O3/c1-3-5-23-12-14(19(25)26)18(24)13-10-15(20)17(11-16(13)23)22-8-6-21(4-2)7-9-22/h10-12H,3-9H2,1-2H3,(H,25,26). The van der Waals surface area contributed by atoms with Crippen molar-refractivity contribution in [2.45, 2.75) is 26.8 Å². The zero-order valence-corrected chi connectivity index (χ0v) is 15.2. The second-order valence-electron chi connectivity index (χ2n) is 6.61. The normalized spacial score (nSPS) is 15.6. The van der Waals surface area contributed by atoms with Crippen molar-refractivity contribution in [3.05, 3.63) is 39.9 Å². The quantitative estimate of drug-likeness (QED) is 0.886. The first-order valence-corrected chi connectivity index (χ1v) is 9.03. The number of likely N-dealkylation sites (N-methyl/N-ethyl adjacent to an activating group) is 1. The van der Waals surface area contributed by atoms with E-state index in [1.165, 1.54) is 12.3 Å². The highest BCUT2D eigenvalue weighted by atomic mass is 19.1. The highest BCUT2D eigenvalue weighted by molar-refractivity contribution is 5.93. The Morgan fingerprint density at radius 1 is 1.19 bits per heavy atom. The molecule has 7 heteroatoms. The van der Waals surface area contributed by atoms with Crippen molar-refractivity contribution in [2.24, 2.45) is 0 Å². The lowest BCUT2D eigenvalue weighted by molar-refractivity contribution is 0.0695. The highest BCUT2D eigenvalue weighted by Crippen LogP contribution is 2.26. The number of fused-ring (bicyclic) bond motifs is 1. The number of hydrogen-bond acceptors (Lipinski definition) is 4. The van der Waals surface area contributed by atoms with E-state index in [0.717, 1.165) is 39.1 Å². The van der Waals surface area contributed by atoms with E-state index in [0.29, 0.717) is 17.7 Å². The van der Waals surface area contributed by atoms with Crippen LogP contribution in [0.25, 0.3) is 10.9 Å². The summed E-state index contributed by atoms with van der Waals surface area (Å²) < 4.78 is 16.5. The summed E-state index contributed by atoms with van der Waals surface area (Å²) in [7, 11) is 0. The molecule has 0 amide bonds. The number of carboxylic acid groups (broad SMARTS) is 1. The third-order valence-corrected chi connectivity index (χ3v) is 5.00. The second-order valence-corrected chi connectivity index (χ2v) is 6.61. The topological polar surface area (TPSA) is 65.8 Å². The van der Waals surface area contributed by atoms with E-state index in [1.54, 1.807) is 10.6 Å². The number of hydrogen-bond donors (Lipinski definition) is 1. The molecular formula is C19H24FN3O3. The van der Waals surface area contributed by atoms with E-state index in [2.05, 4.69) is 11.8 Å². The minimum absolute atomic E-state index is 0.117. The van der Waals surface area contributed by atoms with Gasteiger partial charge in [-0.1, -0.05) is 13.8 Å². The van der Waals surface area contributed by atoms with Crippen molar-refractivity contribution in [1.29, 1.82) is 0 Å². The van der Waals surface area contributed by atoms with Crippen LogP contribution in [0, 0.1) is 5.82 Å². The fourth-order valence-corrected chi connectivity index (χ4v) is 3.52. The fourth-order valence-electron chi connectivity index (χ4n) is 3.52. The van der Waals surface area contributed by atoms with E-state index < -0.39 is 17.2 Å². The predicted octanol–water partition coefficient (Wildman–Crippen LogP) is 2.39. The Labute approximate surface area is 151 Å². The van der Waals surface area contributed by atoms with Crippen molar-refractivity contribution in [1.82, 2.24) is 9.47 Å². The number of nitrogens with zero attached hydrogens (tertiary/aromatic N) is 3. The molecule has 1 aromatic carbocycles. The average Bonchev–Trinajstić information content (AvgIpc) is 2.64. The number of aromatic nitrogens is 1. The zero-order valence-electron chi connectivity index (χ0n) is 15.2. The van der Waals surface area contributed by atoms with Gasteiger partial charge < -0.3 is 19.5 Å². The Bertz CT molecular complexity index is 886. The number of benzene rings is 1. The maximum absolute atomic E-state index is 14.8. The average molecular weight is 361 g/mol. The number of carboxylic acids is 1. The Hall–Kier alpha value is -2.41. The van der Waals surface area contributed by atoms with Gasteiger partial charge in [0.25, 0.3) is 0 Å². The first-order chi connectivity index (χ1) is 12.5. The molecule has 140 valence electrons. The zero-order chi connectivity index (χ0) is 18.8. The van der Waals surface area contributed by atoms with Crippen LogP contribution >= 0.6 is 0 Å². The van der Waals surface area contributed by atoms with Crippen LogP contribution in [0.2, 0.25) is 0 Å². The molecule has 1 aromatic heterocycles. The molecule has 1 aliphatic rings. The van der Waals surface area contributed by atoms with Gasteiger partial charge in [0, 0.05) is 44.3 Å². The molecule has 0 atom stereocenters. The van der Waals surface area contributed by atoms with Gasteiger partial charge in [0.15, 0.2) is 0 Å². The summed E-state index contributed by atoms with van der Waals surface area (Å²) in [5.74, 6) is -1.77. The van der Waals surface area contributed by atoms with E-state index in [9.17, 15) is 19.1 Å². The van der Waals surface area contributed by atoms with Gasteiger partial charge in [-0.3, -0.25) is 4.79 Å². The van der Waals surface area contributed by atoms with Crippen molar-refractivity contribution in [2.75, 3.05) is 37.6 Å². The number of halogens is 1. The summed E-state index contributed by atoms with van der Waals surface area (Å²) in [6.07, 6.45) is 2.14. The number of aromatic carboxylic acids is 1. The van der Waals surface area contributed by atoms with Crippen molar-refractivity contribution in [3.63, 3.8) is 0 Å². The van der Waals surface area contributed by atoms with Crippen LogP contribution in [0.1, 0.15) is 30.6 Å². The first-order valence-electron chi connectivity index (χ1n) is 9.03. The SMILES string of the molecule is CCCn1cc(C(=O)O)c(=O)c2cc(F)c(N3CCN(CC)CC3)cc21. The number of rotatable bonds is 5. The van der Waals surface area contributed by atoms with E-state index in [4.69, 9.17) is 0 Å². The number of carbonyl (C=O) groups is 1. The Morgan fingerprint density at radius 2 is 1.88 bits per heavy atom. The molecule has 0 saturated carbocycles. The maximum Gasteiger partial charge on any atom is 0.341 e. The molecule has 2 aromatic rings. The van der Waals surface area contributed by atoms with Gasteiger partial charge in [-0.25, -0.2) is 9.18 Å². The number of pyridine rings is 1. The van der Waals surface area contributed by atoms with Gasteiger partial charge in [-0.2, -0.15) is 0 Å². The predicted molar refractivity (Wildman–Crippen MR) is 99.7 cm³/mol. The molecular weight excluding hydrogens is 337 g/mol. The van der Waals surface area contributed by atoms with Crippen molar-refractivity contribution in [3.8, 4) is 0 Å². The van der Waals surface area contributed by atoms with Gasteiger partial charge in [-0.05, 0) is 25.1 Å². The number of aryl methyl sites for hydroxylation is 1. The lowest BCUT2D eigenvalue weighted by Crippen LogP contribution is -2.46. The molecule has 0 bridgehead atoms. The van der Waals surface area contributed by atoms with Crippen LogP contribution in [0.3, 0.4) is 0 Å². The number of piperazine rings is 1. The molecule has 1 aliphatic heterocycles. The third kappa shape index (κ3) is 3.31. The smallest absolute Gasteiger partial charge is 0.341 e. The fraction of sp³-hybridized carbons (Fsp3) is 0.474. The Kier molecular flexibility index (Phi) is 5.27. The Morgan fingerprint density at radius 3 is 2.46 bits per heavy atom. The summed E-state index contributed by atoms with van der Waals surface area (Å²) in [5.41, 5.74) is 0.0903. The molecule has 3 rings (SSSR count). The summed E-state index contributed by atoms with van der Waals surface area (Å²) in [4.78, 5) is 28.1. The summed E-state index contributed by atoms with van der Waals surface area (Å²) in [6.45, 7) is 8.80. The molecule has 0 aliphatic carbocycles. The summed E-state index contributed by atoms with van der Waals surface area (Å²) in [6, 6.07) is 2.88. The highest BCUT2D eigenvalue weighted by Gasteiger charge is 2.22. The minimum Gasteiger partial charge on any atom is -0.477 e. The van der Waals surface area contributed by atoms with Crippen molar-refractivity contribution >= 4 is 22.6 Å². The molecule has 2 heterocycles. The van der Waals surface area contributed by atoms with Crippen LogP contribution in [0.4, 0.5) is 10.1 Å². The van der Waals surface area contributed by atoms with Gasteiger partial charge >= 0.3 is 5.97 Å².